The van der Waals surface area contributed by atoms with Gasteiger partial charge in [0.1, 0.15) is 18.7 Å². The molecule has 0 atom stereocenters. The van der Waals surface area contributed by atoms with Crippen LogP contribution in [0.3, 0.4) is 0 Å². The third kappa shape index (κ3) is 2.24. The van der Waals surface area contributed by atoms with E-state index in [1.165, 1.54) is 6.33 Å². The summed E-state index contributed by atoms with van der Waals surface area (Å²) in [5.41, 5.74) is 1.17. The predicted molar refractivity (Wildman–Crippen MR) is 77.2 cm³/mol. The van der Waals surface area contributed by atoms with Crippen molar-refractivity contribution in [2.45, 2.75) is 26.6 Å². The summed E-state index contributed by atoms with van der Waals surface area (Å²) in [5, 5.41) is 9.16. The van der Waals surface area contributed by atoms with Gasteiger partial charge in [0.2, 0.25) is 0 Å². The van der Waals surface area contributed by atoms with Crippen LogP contribution in [0, 0.1) is 0 Å². The summed E-state index contributed by atoms with van der Waals surface area (Å²) in [6.45, 7) is 3.98. The third-order valence-electron chi connectivity index (χ3n) is 3.30. The van der Waals surface area contributed by atoms with Gasteiger partial charge in [-0.2, -0.15) is 0 Å². The van der Waals surface area contributed by atoms with E-state index in [0.717, 1.165) is 0 Å². The van der Waals surface area contributed by atoms with Crippen molar-refractivity contribution in [2.24, 2.45) is 0 Å². The molecule has 0 aliphatic carbocycles. The van der Waals surface area contributed by atoms with E-state index in [2.05, 4.69) is 4.98 Å². The molecule has 116 valence electrons. The fourth-order valence-corrected chi connectivity index (χ4v) is 2.38. The van der Waals surface area contributed by atoms with E-state index in [-0.39, 0.29) is 18.4 Å². The van der Waals surface area contributed by atoms with E-state index in [1.54, 1.807) is 23.8 Å². The molecule has 0 saturated carbocycles. The molecule has 2 heterocycles. The number of fused-ring (bicyclic) bond motifs is 3. The normalized spacial score (nSPS) is 12.4. The largest absolute Gasteiger partial charge is 0.493 e. The van der Waals surface area contributed by atoms with Crippen LogP contribution >= 0.6 is 0 Å². The van der Waals surface area contributed by atoms with Gasteiger partial charge in [0, 0.05) is 12.1 Å². The number of carboxylic acid groups (broad SMARTS) is 1. The van der Waals surface area contributed by atoms with Crippen molar-refractivity contribution < 1.29 is 24.1 Å². The monoisotopic (exact) mass is 304 g/mol. The van der Waals surface area contributed by atoms with Crippen molar-refractivity contribution in [1.82, 2.24) is 9.55 Å². The van der Waals surface area contributed by atoms with Gasteiger partial charge in [-0.15, -0.1) is 0 Å². The van der Waals surface area contributed by atoms with Crippen LogP contribution in [0.15, 0.2) is 18.5 Å². The van der Waals surface area contributed by atoms with Crippen LogP contribution in [0.25, 0.3) is 5.69 Å². The molecule has 7 nitrogen and oxygen atoms in total. The van der Waals surface area contributed by atoms with Crippen molar-refractivity contribution in [2.75, 3.05) is 7.11 Å². The van der Waals surface area contributed by atoms with Crippen LogP contribution in [0.2, 0.25) is 0 Å². The van der Waals surface area contributed by atoms with Gasteiger partial charge < -0.3 is 19.3 Å². The van der Waals surface area contributed by atoms with Gasteiger partial charge in [0.15, 0.2) is 17.2 Å². The highest BCUT2D eigenvalue weighted by Gasteiger charge is 2.26. The zero-order chi connectivity index (χ0) is 15.9. The summed E-state index contributed by atoms with van der Waals surface area (Å²) < 4.78 is 18.4. The number of rotatable bonds is 4. The van der Waals surface area contributed by atoms with Crippen molar-refractivity contribution >= 4 is 5.97 Å². The number of imidazole rings is 1. The van der Waals surface area contributed by atoms with Gasteiger partial charge in [-0.25, -0.2) is 9.78 Å². The van der Waals surface area contributed by atoms with Crippen molar-refractivity contribution in [1.29, 1.82) is 0 Å². The average Bonchev–Trinajstić information content (AvgIpc) is 2.90. The SMILES string of the molecule is COc1cc2c(cc1OC(C)C)-n1cnc(C(=O)O)c1CO2. The minimum absolute atomic E-state index is 0.00667. The summed E-state index contributed by atoms with van der Waals surface area (Å²) >= 11 is 0. The summed E-state index contributed by atoms with van der Waals surface area (Å²) in [4.78, 5) is 15.1. The first-order valence-corrected chi connectivity index (χ1v) is 6.82. The number of benzene rings is 1. The molecule has 0 radical (unpaired) electrons. The molecule has 1 aliphatic rings. The second-order valence-electron chi connectivity index (χ2n) is 5.14. The van der Waals surface area contributed by atoms with Crippen molar-refractivity contribution in [3.05, 3.63) is 29.8 Å². The lowest BCUT2D eigenvalue weighted by Gasteiger charge is -2.23. The average molecular weight is 304 g/mol. The highest BCUT2D eigenvalue weighted by molar-refractivity contribution is 5.87. The molecule has 0 amide bonds. The van der Waals surface area contributed by atoms with Gasteiger partial charge >= 0.3 is 5.97 Å². The highest BCUT2D eigenvalue weighted by atomic mass is 16.5. The lowest BCUT2D eigenvalue weighted by Crippen LogP contribution is -2.16. The number of hydrogen-bond donors (Lipinski definition) is 1. The Kier molecular flexibility index (Phi) is 3.40. The molecule has 0 bridgehead atoms. The summed E-state index contributed by atoms with van der Waals surface area (Å²) in [6.07, 6.45) is 1.46. The van der Waals surface area contributed by atoms with Crippen molar-refractivity contribution in [3.8, 4) is 22.9 Å². The molecule has 0 unspecified atom stereocenters. The highest BCUT2D eigenvalue weighted by Crippen LogP contribution is 2.40. The molecule has 7 heteroatoms. The van der Waals surface area contributed by atoms with E-state index in [4.69, 9.17) is 19.3 Å². The van der Waals surface area contributed by atoms with E-state index >= 15 is 0 Å². The molecule has 1 aromatic heterocycles. The predicted octanol–water partition coefficient (Wildman–Crippen LogP) is 2.26. The topological polar surface area (TPSA) is 82.8 Å². The number of carbonyl (C=O) groups is 1. The molecule has 1 aromatic carbocycles. The van der Waals surface area contributed by atoms with Crippen LogP contribution in [0.4, 0.5) is 0 Å². The standard InChI is InChI=1S/C15H16N2O5/c1-8(2)22-13-4-9-11(5-12(13)20-3)21-6-10-14(15(18)19)16-7-17(9)10/h4-5,7-8H,6H2,1-3H3,(H,18,19). The number of ether oxygens (including phenoxy) is 3. The Bertz CT molecular complexity index is 736. The van der Waals surface area contributed by atoms with Crippen LogP contribution in [-0.4, -0.2) is 33.8 Å². The first kappa shape index (κ1) is 14.2. The second-order valence-corrected chi connectivity index (χ2v) is 5.14. The maximum absolute atomic E-state index is 11.2. The lowest BCUT2D eigenvalue weighted by molar-refractivity contribution is 0.0687. The number of carboxylic acids is 1. The Morgan fingerprint density at radius 1 is 1.41 bits per heavy atom. The number of aromatic carboxylic acids is 1. The van der Waals surface area contributed by atoms with Gasteiger partial charge in [0.05, 0.1) is 24.6 Å². The smallest absolute Gasteiger partial charge is 0.356 e. The Balaban J connectivity index is 2.13. The first-order valence-electron chi connectivity index (χ1n) is 6.82. The maximum atomic E-state index is 11.2. The van der Waals surface area contributed by atoms with Crippen LogP contribution < -0.4 is 14.2 Å². The molecular formula is C15H16N2O5. The molecule has 0 saturated heterocycles. The van der Waals surface area contributed by atoms with E-state index in [1.807, 2.05) is 13.8 Å². The van der Waals surface area contributed by atoms with E-state index in [9.17, 15) is 4.79 Å². The fraction of sp³-hybridized carbons (Fsp3) is 0.333. The van der Waals surface area contributed by atoms with E-state index < -0.39 is 5.97 Å². The number of hydrogen-bond acceptors (Lipinski definition) is 5. The molecule has 22 heavy (non-hydrogen) atoms. The van der Waals surface area contributed by atoms with Gasteiger partial charge in [-0.1, -0.05) is 0 Å². The Morgan fingerprint density at radius 3 is 2.82 bits per heavy atom. The Hall–Kier alpha value is -2.70. The molecular weight excluding hydrogens is 288 g/mol. The molecule has 2 aromatic rings. The lowest BCUT2D eigenvalue weighted by atomic mass is 10.2. The van der Waals surface area contributed by atoms with Gasteiger partial charge in [-0.05, 0) is 13.8 Å². The third-order valence-corrected chi connectivity index (χ3v) is 3.30. The van der Waals surface area contributed by atoms with Gasteiger partial charge in [-0.3, -0.25) is 4.57 Å². The second kappa shape index (κ2) is 5.25. The summed E-state index contributed by atoms with van der Waals surface area (Å²) in [5.74, 6) is 0.649. The Morgan fingerprint density at radius 2 is 2.18 bits per heavy atom. The quantitative estimate of drug-likeness (QED) is 0.933. The summed E-state index contributed by atoms with van der Waals surface area (Å²) in [6, 6.07) is 3.50. The van der Waals surface area contributed by atoms with Crippen LogP contribution in [0.5, 0.6) is 17.2 Å². The van der Waals surface area contributed by atoms with Crippen LogP contribution in [-0.2, 0) is 6.61 Å². The summed E-state index contributed by atoms with van der Waals surface area (Å²) in [7, 11) is 1.56. The maximum Gasteiger partial charge on any atom is 0.356 e. The molecule has 1 aliphatic heterocycles. The number of methoxy groups -OCH3 is 1. The zero-order valence-electron chi connectivity index (χ0n) is 12.5. The number of aromatic nitrogens is 2. The van der Waals surface area contributed by atoms with Crippen molar-refractivity contribution in [3.63, 3.8) is 0 Å². The first-order chi connectivity index (χ1) is 10.5. The van der Waals surface area contributed by atoms with E-state index in [0.29, 0.717) is 28.6 Å². The van der Waals surface area contributed by atoms with Crippen LogP contribution in [0.1, 0.15) is 30.0 Å². The minimum atomic E-state index is -1.08. The fourth-order valence-electron chi connectivity index (χ4n) is 2.38. The molecule has 0 spiro atoms. The molecule has 3 rings (SSSR count). The Labute approximate surface area is 127 Å². The number of nitrogens with zero attached hydrogens (tertiary/aromatic N) is 2. The molecule has 1 N–H and O–H groups in total. The van der Waals surface area contributed by atoms with Gasteiger partial charge in [0.25, 0.3) is 0 Å². The zero-order valence-corrected chi connectivity index (χ0v) is 12.5. The minimum Gasteiger partial charge on any atom is -0.493 e. The molecule has 0 fully saturated rings.